The smallest absolute Gasteiger partial charge is 0.142 e. The number of benzene rings is 1. The molecule has 0 amide bonds. The van der Waals surface area contributed by atoms with Crippen LogP contribution >= 0.6 is 0 Å². The van der Waals surface area contributed by atoms with Crippen LogP contribution < -0.4 is 10.1 Å². The lowest BCUT2D eigenvalue weighted by molar-refractivity contribution is 0.141. The summed E-state index contributed by atoms with van der Waals surface area (Å²) in [7, 11) is 1.76. The molecule has 0 spiro atoms. The zero-order chi connectivity index (χ0) is 15.0. The van der Waals surface area contributed by atoms with E-state index in [1.54, 1.807) is 7.11 Å². The van der Waals surface area contributed by atoms with Gasteiger partial charge in [-0.25, -0.2) is 0 Å². The fraction of sp³-hybridized carbons (Fsp3) is 0.684. The molecule has 0 aromatic heterocycles. The molecule has 1 aromatic rings. The Balaban J connectivity index is 1.72. The molecule has 1 heterocycles. The average molecular weight is 287 g/mol. The Morgan fingerprint density at radius 1 is 1.10 bits per heavy atom. The van der Waals surface area contributed by atoms with Crippen LogP contribution in [0, 0.1) is 17.3 Å². The van der Waals surface area contributed by atoms with E-state index in [-0.39, 0.29) is 0 Å². The third kappa shape index (κ3) is 2.77. The topological polar surface area (TPSA) is 21.3 Å². The summed E-state index contributed by atoms with van der Waals surface area (Å²) in [5.41, 5.74) is 3.19. The number of methoxy groups -OCH3 is 1. The lowest BCUT2D eigenvalue weighted by Crippen LogP contribution is -2.28. The van der Waals surface area contributed by atoms with Crippen LogP contribution in [0.1, 0.15) is 57.9 Å². The van der Waals surface area contributed by atoms with Gasteiger partial charge in [-0.1, -0.05) is 32.9 Å². The van der Waals surface area contributed by atoms with E-state index in [1.807, 2.05) is 0 Å². The number of hydrogen-bond acceptors (Lipinski definition) is 2. The molecule has 1 saturated carbocycles. The van der Waals surface area contributed by atoms with E-state index >= 15 is 0 Å². The van der Waals surface area contributed by atoms with Gasteiger partial charge in [-0.2, -0.15) is 0 Å². The molecule has 21 heavy (non-hydrogen) atoms. The van der Waals surface area contributed by atoms with Gasteiger partial charge < -0.3 is 10.1 Å². The van der Waals surface area contributed by atoms with E-state index in [4.69, 9.17) is 4.74 Å². The van der Waals surface area contributed by atoms with Crippen molar-refractivity contribution in [1.29, 1.82) is 0 Å². The van der Waals surface area contributed by atoms with Gasteiger partial charge in [0.1, 0.15) is 5.75 Å². The zero-order valence-electron chi connectivity index (χ0n) is 13.9. The minimum atomic E-state index is 0.472. The summed E-state index contributed by atoms with van der Waals surface area (Å²) >= 11 is 0. The minimum Gasteiger partial charge on any atom is -0.495 e. The fourth-order valence-electron chi connectivity index (χ4n) is 4.35. The van der Waals surface area contributed by atoms with Gasteiger partial charge in [-0.15, -0.1) is 0 Å². The van der Waals surface area contributed by atoms with Gasteiger partial charge in [-0.05, 0) is 54.6 Å². The maximum Gasteiger partial charge on any atom is 0.142 e. The molecule has 1 atom stereocenters. The Hall–Kier alpha value is -1.18. The Labute approximate surface area is 129 Å². The molecular weight excluding hydrogens is 258 g/mol. The predicted octanol–water partition coefficient (Wildman–Crippen LogP) is 5.06. The maximum atomic E-state index is 5.49. The summed E-state index contributed by atoms with van der Waals surface area (Å²) in [5, 5.41) is 3.58. The monoisotopic (exact) mass is 287 g/mol. The van der Waals surface area contributed by atoms with E-state index in [1.165, 1.54) is 36.9 Å². The van der Waals surface area contributed by atoms with Crippen molar-refractivity contribution in [2.75, 3.05) is 19.0 Å². The molecule has 2 aliphatic rings. The highest BCUT2D eigenvalue weighted by atomic mass is 16.5. The van der Waals surface area contributed by atoms with Crippen LogP contribution in [0.5, 0.6) is 5.75 Å². The van der Waals surface area contributed by atoms with Gasteiger partial charge in [0.15, 0.2) is 0 Å². The van der Waals surface area contributed by atoms with Crippen LogP contribution in [-0.2, 0) is 0 Å². The summed E-state index contributed by atoms with van der Waals surface area (Å²) < 4.78 is 5.49. The molecule has 0 saturated heterocycles. The molecule has 1 fully saturated rings. The Bertz CT molecular complexity index is 495. The summed E-state index contributed by atoms with van der Waals surface area (Å²) in [5.74, 6) is 3.41. The van der Waals surface area contributed by atoms with Crippen molar-refractivity contribution in [3.05, 3.63) is 23.8 Å². The molecule has 3 rings (SSSR count). The molecule has 1 aromatic carbocycles. The molecule has 1 aliphatic heterocycles. The molecule has 1 N–H and O–H groups in total. The third-order valence-corrected chi connectivity index (χ3v) is 5.74. The van der Waals surface area contributed by atoms with Crippen molar-refractivity contribution in [2.45, 2.75) is 52.4 Å². The highest BCUT2D eigenvalue weighted by Gasteiger charge is 2.36. The number of hydrogen-bond donors (Lipinski definition) is 1. The van der Waals surface area contributed by atoms with Crippen LogP contribution in [0.2, 0.25) is 0 Å². The second-order valence-corrected chi connectivity index (χ2v) is 7.89. The van der Waals surface area contributed by atoms with Crippen molar-refractivity contribution in [2.24, 2.45) is 17.3 Å². The van der Waals surface area contributed by atoms with Crippen molar-refractivity contribution in [3.8, 4) is 5.75 Å². The quantitative estimate of drug-likeness (QED) is 0.821. The molecule has 116 valence electrons. The van der Waals surface area contributed by atoms with Gasteiger partial charge in [-0.3, -0.25) is 0 Å². The van der Waals surface area contributed by atoms with E-state index < -0.39 is 0 Å². The molecule has 1 unspecified atom stereocenters. The SMILES string of the molecule is COc1cccc2c1NCC2C1CCC(C(C)(C)C)CC1. The second-order valence-electron chi connectivity index (χ2n) is 7.89. The van der Waals surface area contributed by atoms with Crippen LogP contribution in [0.4, 0.5) is 5.69 Å². The molecule has 0 radical (unpaired) electrons. The number of anilines is 1. The summed E-state index contributed by atoms with van der Waals surface area (Å²) in [4.78, 5) is 0. The number of ether oxygens (including phenoxy) is 1. The van der Waals surface area contributed by atoms with Crippen LogP contribution in [0.15, 0.2) is 18.2 Å². The lowest BCUT2D eigenvalue weighted by Gasteiger charge is -2.38. The Morgan fingerprint density at radius 2 is 1.81 bits per heavy atom. The third-order valence-electron chi connectivity index (χ3n) is 5.74. The highest BCUT2D eigenvalue weighted by Crippen LogP contribution is 2.48. The first-order valence-electron chi connectivity index (χ1n) is 8.41. The number of fused-ring (bicyclic) bond motifs is 1. The normalized spacial score (nSPS) is 28.9. The first-order valence-corrected chi connectivity index (χ1v) is 8.41. The second kappa shape index (κ2) is 5.55. The van der Waals surface area contributed by atoms with Crippen molar-refractivity contribution in [3.63, 3.8) is 0 Å². The average Bonchev–Trinajstić information content (AvgIpc) is 2.90. The lowest BCUT2D eigenvalue weighted by atomic mass is 9.67. The van der Waals surface area contributed by atoms with E-state index in [9.17, 15) is 0 Å². The van der Waals surface area contributed by atoms with Crippen molar-refractivity contribution in [1.82, 2.24) is 0 Å². The van der Waals surface area contributed by atoms with Gasteiger partial charge in [0.25, 0.3) is 0 Å². The van der Waals surface area contributed by atoms with Crippen molar-refractivity contribution < 1.29 is 4.74 Å². The Morgan fingerprint density at radius 3 is 2.43 bits per heavy atom. The molecule has 0 bridgehead atoms. The van der Waals surface area contributed by atoms with Crippen LogP contribution in [0.3, 0.4) is 0 Å². The predicted molar refractivity (Wildman–Crippen MR) is 89.1 cm³/mol. The zero-order valence-corrected chi connectivity index (χ0v) is 13.9. The molecule has 2 nitrogen and oxygen atoms in total. The molecule has 2 heteroatoms. The van der Waals surface area contributed by atoms with Gasteiger partial charge in [0.2, 0.25) is 0 Å². The van der Waals surface area contributed by atoms with Crippen molar-refractivity contribution >= 4 is 5.69 Å². The maximum absolute atomic E-state index is 5.49. The van der Waals surface area contributed by atoms with Gasteiger partial charge in [0, 0.05) is 12.5 Å². The number of rotatable bonds is 2. The van der Waals surface area contributed by atoms with Gasteiger partial charge in [0.05, 0.1) is 12.8 Å². The van der Waals surface area contributed by atoms with Crippen LogP contribution in [-0.4, -0.2) is 13.7 Å². The number of nitrogens with one attached hydrogen (secondary N) is 1. The van der Waals surface area contributed by atoms with E-state index in [0.717, 1.165) is 24.1 Å². The summed E-state index contributed by atoms with van der Waals surface area (Å²) in [6, 6.07) is 6.49. The summed E-state index contributed by atoms with van der Waals surface area (Å²) in [6.45, 7) is 8.28. The number of para-hydroxylation sites is 1. The van der Waals surface area contributed by atoms with E-state index in [0.29, 0.717) is 11.3 Å². The first kappa shape index (κ1) is 14.7. The molecular formula is C19H29NO. The first-order chi connectivity index (χ1) is 10.0. The largest absolute Gasteiger partial charge is 0.495 e. The van der Waals surface area contributed by atoms with Gasteiger partial charge >= 0.3 is 0 Å². The minimum absolute atomic E-state index is 0.472. The fourth-order valence-corrected chi connectivity index (χ4v) is 4.35. The molecule has 1 aliphatic carbocycles. The standard InChI is InChI=1S/C19H29NO/c1-19(2,3)14-10-8-13(9-11-14)16-12-20-18-15(16)6-5-7-17(18)21-4/h5-7,13-14,16,20H,8-12H2,1-4H3. The van der Waals surface area contributed by atoms with E-state index in [2.05, 4.69) is 44.3 Å². The Kier molecular flexibility index (Phi) is 3.90. The highest BCUT2D eigenvalue weighted by molar-refractivity contribution is 5.67. The summed E-state index contributed by atoms with van der Waals surface area (Å²) in [6.07, 6.45) is 5.55. The van der Waals surface area contributed by atoms with Crippen LogP contribution in [0.25, 0.3) is 0 Å².